The van der Waals surface area contributed by atoms with Crippen LogP contribution in [0.15, 0.2) is 23.1 Å². The summed E-state index contributed by atoms with van der Waals surface area (Å²) in [6.45, 7) is 1.99. The number of aromatic nitrogens is 1. The molecular weight excluding hydrogens is 182 g/mol. The smallest absolute Gasteiger partial charge is 0.247 e. The zero-order valence-corrected chi connectivity index (χ0v) is 7.91. The number of carbonyl (C=O) groups excluding carboxylic acids is 1. The molecule has 1 amide bonds. The summed E-state index contributed by atoms with van der Waals surface area (Å²) in [6.07, 6.45) is 1.56. The first kappa shape index (κ1) is 10.5. The molecule has 14 heavy (non-hydrogen) atoms. The Morgan fingerprint density at radius 2 is 2.36 bits per heavy atom. The molecule has 0 bridgehead atoms. The first-order valence-corrected chi connectivity index (χ1v) is 4.30. The molecule has 0 saturated heterocycles. The van der Waals surface area contributed by atoms with Gasteiger partial charge in [0.15, 0.2) is 0 Å². The Balaban J connectivity index is 2.50. The van der Waals surface area contributed by atoms with Crippen LogP contribution < -0.4 is 16.6 Å². The molecule has 4 N–H and O–H groups in total. The number of nitrogens with two attached hydrogens (primary N) is 1. The van der Waals surface area contributed by atoms with Crippen molar-refractivity contribution in [1.82, 2.24) is 10.3 Å². The summed E-state index contributed by atoms with van der Waals surface area (Å²) in [5, 5.41) is 2.63. The lowest BCUT2D eigenvalue weighted by Crippen LogP contribution is -2.37. The fraction of sp³-hybridized carbons (Fsp3) is 0.333. The van der Waals surface area contributed by atoms with Crippen LogP contribution in [0.2, 0.25) is 0 Å². The molecule has 1 aromatic heterocycles. The summed E-state index contributed by atoms with van der Waals surface area (Å²) in [5.41, 5.74) is 6.03. The van der Waals surface area contributed by atoms with Crippen molar-refractivity contribution in [2.45, 2.75) is 19.5 Å². The normalized spacial score (nSPS) is 12.1. The van der Waals surface area contributed by atoms with Gasteiger partial charge >= 0.3 is 0 Å². The van der Waals surface area contributed by atoms with Gasteiger partial charge in [-0.3, -0.25) is 9.59 Å². The third-order valence-electron chi connectivity index (χ3n) is 1.73. The van der Waals surface area contributed by atoms with Crippen molar-refractivity contribution in [3.05, 3.63) is 34.2 Å². The SMILES string of the molecule is C[C@H](N)C(=O)NCc1ccc(=O)[nH]c1. The Kier molecular flexibility index (Phi) is 3.41. The monoisotopic (exact) mass is 195 g/mol. The van der Waals surface area contributed by atoms with Gasteiger partial charge in [0.1, 0.15) is 0 Å². The lowest BCUT2D eigenvalue weighted by Gasteiger charge is -2.06. The van der Waals surface area contributed by atoms with Gasteiger partial charge in [0, 0.05) is 18.8 Å². The Hall–Kier alpha value is -1.62. The molecule has 0 aliphatic heterocycles. The molecular formula is C9H13N3O2. The Morgan fingerprint density at radius 1 is 1.64 bits per heavy atom. The zero-order chi connectivity index (χ0) is 10.6. The van der Waals surface area contributed by atoms with Crippen molar-refractivity contribution in [2.75, 3.05) is 0 Å². The quantitative estimate of drug-likeness (QED) is 0.598. The fourth-order valence-electron chi connectivity index (χ4n) is 0.903. The number of rotatable bonds is 3. The predicted molar refractivity (Wildman–Crippen MR) is 52.6 cm³/mol. The number of amides is 1. The summed E-state index contributed by atoms with van der Waals surface area (Å²) in [7, 11) is 0. The van der Waals surface area contributed by atoms with E-state index in [1.165, 1.54) is 6.07 Å². The van der Waals surface area contributed by atoms with E-state index in [4.69, 9.17) is 5.73 Å². The number of nitrogens with one attached hydrogen (secondary N) is 2. The number of hydrogen-bond acceptors (Lipinski definition) is 3. The summed E-state index contributed by atoms with van der Waals surface area (Å²) in [5.74, 6) is -0.212. The van der Waals surface area contributed by atoms with Gasteiger partial charge in [-0.15, -0.1) is 0 Å². The van der Waals surface area contributed by atoms with Crippen molar-refractivity contribution >= 4 is 5.91 Å². The minimum Gasteiger partial charge on any atom is -0.351 e. The highest BCUT2D eigenvalue weighted by molar-refractivity contribution is 5.80. The van der Waals surface area contributed by atoms with Crippen LogP contribution in [0.4, 0.5) is 0 Å². The minimum absolute atomic E-state index is 0.160. The van der Waals surface area contributed by atoms with Crippen LogP contribution in [-0.4, -0.2) is 16.9 Å². The Morgan fingerprint density at radius 3 is 2.86 bits per heavy atom. The van der Waals surface area contributed by atoms with Crippen LogP contribution in [-0.2, 0) is 11.3 Å². The first-order valence-electron chi connectivity index (χ1n) is 4.30. The van der Waals surface area contributed by atoms with Crippen LogP contribution in [0, 0.1) is 0 Å². The van der Waals surface area contributed by atoms with Crippen molar-refractivity contribution in [3.63, 3.8) is 0 Å². The van der Waals surface area contributed by atoms with Crippen molar-refractivity contribution in [2.24, 2.45) is 5.73 Å². The molecule has 0 aliphatic rings. The maximum atomic E-state index is 11.1. The summed E-state index contributed by atoms with van der Waals surface area (Å²) in [4.78, 5) is 24.3. The molecule has 1 rings (SSSR count). The highest BCUT2D eigenvalue weighted by Crippen LogP contribution is 1.91. The van der Waals surface area contributed by atoms with E-state index in [2.05, 4.69) is 10.3 Å². The lowest BCUT2D eigenvalue weighted by molar-refractivity contribution is -0.122. The third kappa shape index (κ3) is 3.02. The number of aromatic amines is 1. The van der Waals surface area contributed by atoms with E-state index < -0.39 is 6.04 Å². The summed E-state index contributed by atoms with van der Waals surface area (Å²) >= 11 is 0. The molecule has 0 aromatic carbocycles. The van der Waals surface area contributed by atoms with E-state index in [1.807, 2.05) is 0 Å². The van der Waals surface area contributed by atoms with Gasteiger partial charge in [-0.2, -0.15) is 0 Å². The van der Waals surface area contributed by atoms with Gasteiger partial charge in [0.2, 0.25) is 11.5 Å². The molecule has 0 unspecified atom stereocenters. The molecule has 5 heteroatoms. The summed E-state index contributed by atoms with van der Waals surface area (Å²) < 4.78 is 0. The number of pyridine rings is 1. The van der Waals surface area contributed by atoms with Crippen LogP contribution in [0.25, 0.3) is 0 Å². The second-order valence-corrected chi connectivity index (χ2v) is 3.07. The third-order valence-corrected chi connectivity index (χ3v) is 1.73. The minimum atomic E-state index is -0.516. The van der Waals surface area contributed by atoms with E-state index in [1.54, 1.807) is 19.2 Å². The van der Waals surface area contributed by atoms with Gasteiger partial charge in [0.05, 0.1) is 6.04 Å². The average molecular weight is 195 g/mol. The van der Waals surface area contributed by atoms with Gasteiger partial charge in [0.25, 0.3) is 0 Å². The molecule has 0 saturated carbocycles. The second kappa shape index (κ2) is 4.57. The Bertz CT molecular complexity index is 350. The van der Waals surface area contributed by atoms with Crippen molar-refractivity contribution < 1.29 is 4.79 Å². The largest absolute Gasteiger partial charge is 0.351 e. The van der Waals surface area contributed by atoms with Crippen LogP contribution in [0.3, 0.4) is 0 Å². The van der Waals surface area contributed by atoms with Gasteiger partial charge < -0.3 is 16.0 Å². The molecule has 0 radical (unpaired) electrons. The van der Waals surface area contributed by atoms with E-state index in [-0.39, 0.29) is 11.5 Å². The van der Waals surface area contributed by atoms with Gasteiger partial charge in [-0.1, -0.05) is 6.07 Å². The molecule has 0 aliphatic carbocycles. The van der Waals surface area contributed by atoms with Crippen LogP contribution in [0.1, 0.15) is 12.5 Å². The molecule has 0 spiro atoms. The molecule has 76 valence electrons. The zero-order valence-electron chi connectivity index (χ0n) is 7.91. The van der Waals surface area contributed by atoms with Crippen LogP contribution in [0.5, 0.6) is 0 Å². The number of carbonyl (C=O) groups is 1. The maximum Gasteiger partial charge on any atom is 0.247 e. The average Bonchev–Trinajstić information content (AvgIpc) is 2.16. The standard InChI is InChI=1S/C9H13N3O2/c1-6(10)9(14)12-5-7-2-3-8(13)11-4-7/h2-4,6H,5,10H2,1H3,(H,11,13)(H,12,14)/t6-/m0/s1. The Labute approximate surface area is 81.3 Å². The lowest BCUT2D eigenvalue weighted by atomic mass is 10.2. The van der Waals surface area contributed by atoms with E-state index in [9.17, 15) is 9.59 Å². The van der Waals surface area contributed by atoms with E-state index in [0.29, 0.717) is 6.54 Å². The number of H-pyrrole nitrogens is 1. The molecule has 1 heterocycles. The van der Waals surface area contributed by atoms with Crippen LogP contribution >= 0.6 is 0 Å². The van der Waals surface area contributed by atoms with Gasteiger partial charge in [-0.25, -0.2) is 0 Å². The topological polar surface area (TPSA) is 88.0 Å². The van der Waals surface area contributed by atoms with Gasteiger partial charge in [-0.05, 0) is 12.5 Å². The second-order valence-electron chi connectivity index (χ2n) is 3.07. The van der Waals surface area contributed by atoms with Crippen molar-refractivity contribution in [3.8, 4) is 0 Å². The molecule has 0 fully saturated rings. The molecule has 1 aromatic rings. The van der Waals surface area contributed by atoms with E-state index in [0.717, 1.165) is 5.56 Å². The molecule has 5 nitrogen and oxygen atoms in total. The summed E-state index contributed by atoms with van der Waals surface area (Å²) in [6, 6.07) is 2.55. The van der Waals surface area contributed by atoms with E-state index >= 15 is 0 Å². The fourth-order valence-corrected chi connectivity index (χ4v) is 0.903. The van der Waals surface area contributed by atoms with Crippen molar-refractivity contribution in [1.29, 1.82) is 0 Å². The number of hydrogen-bond donors (Lipinski definition) is 3. The highest BCUT2D eigenvalue weighted by atomic mass is 16.2. The molecule has 1 atom stereocenters. The maximum absolute atomic E-state index is 11.1. The predicted octanol–water partition coefficient (Wildman–Crippen LogP) is -0.662. The highest BCUT2D eigenvalue weighted by Gasteiger charge is 2.05. The first-order chi connectivity index (χ1) is 6.59.